The number of nitrogens with zero attached hydrogens (tertiary/aromatic N) is 2. The van der Waals surface area contributed by atoms with Crippen LogP contribution in [0.1, 0.15) is 76.0 Å². The van der Waals surface area contributed by atoms with Crippen molar-refractivity contribution in [3.05, 3.63) is 60.2 Å². The van der Waals surface area contributed by atoms with Gasteiger partial charge < -0.3 is 19.9 Å². The molecule has 1 saturated heterocycles. The molecule has 2 bridgehead atoms. The van der Waals surface area contributed by atoms with E-state index in [2.05, 4.69) is 55.2 Å². The fourth-order valence-corrected chi connectivity index (χ4v) is 6.65. The van der Waals surface area contributed by atoms with Crippen LogP contribution in [0.4, 0.5) is 0 Å². The molecule has 0 radical (unpaired) electrons. The summed E-state index contributed by atoms with van der Waals surface area (Å²) in [4.78, 5) is 34.7. The van der Waals surface area contributed by atoms with E-state index in [-0.39, 0.29) is 34.7 Å². The van der Waals surface area contributed by atoms with Gasteiger partial charge in [-0.1, -0.05) is 58.0 Å². The molecule has 196 valence electrons. The first-order valence-electron chi connectivity index (χ1n) is 13.3. The van der Waals surface area contributed by atoms with E-state index in [1.54, 1.807) is 0 Å². The number of carbonyl (C=O) groups excluding carboxylic acids is 2. The summed E-state index contributed by atoms with van der Waals surface area (Å²) in [6.45, 7) is 11.1. The Morgan fingerprint density at radius 2 is 1.86 bits per heavy atom. The average Bonchev–Trinajstić information content (AvgIpc) is 3.24. The Hall–Kier alpha value is -2.78. The van der Waals surface area contributed by atoms with E-state index < -0.39 is 19.1 Å². The maximum Gasteiger partial charge on any atom is 0.481 e. The van der Waals surface area contributed by atoms with Gasteiger partial charge in [0.25, 0.3) is 5.91 Å². The number of benzene rings is 1. The third-order valence-electron chi connectivity index (χ3n) is 8.82. The van der Waals surface area contributed by atoms with Gasteiger partial charge in [0.15, 0.2) is 0 Å². The highest BCUT2D eigenvalue weighted by atomic mass is 16.7. The zero-order chi connectivity index (χ0) is 26.4. The molecule has 0 unspecified atom stereocenters. The van der Waals surface area contributed by atoms with Crippen LogP contribution >= 0.6 is 0 Å². The molecule has 3 aliphatic carbocycles. The van der Waals surface area contributed by atoms with Gasteiger partial charge in [-0.2, -0.15) is 0 Å². The summed E-state index contributed by atoms with van der Waals surface area (Å²) in [7, 11) is -0.538. The number of hydrogen-bond acceptors (Lipinski definition) is 6. The van der Waals surface area contributed by atoms with Gasteiger partial charge in [-0.25, -0.2) is 4.98 Å². The minimum absolute atomic E-state index is 0.0297. The summed E-state index contributed by atoms with van der Waals surface area (Å²) in [6, 6.07) is 8.31. The summed E-state index contributed by atoms with van der Waals surface area (Å²) >= 11 is 0. The van der Waals surface area contributed by atoms with E-state index >= 15 is 0 Å². The number of hydrogen-bond donors (Lipinski definition) is 2. The number of carbonyl (C=O) groups is 2. The van der Waals surface area contributed by atoms with Gasteiger partial charge in [0.2, 0.25) is 5.91 Å². The summed E-state index contributed by atoms with van der Waals surface area (Å²) < 4.78 is 13.2. The number of aromatic nitrogens is 2. The SMILES string of the molecule is CC(C)C[C@H](NC(=O)[C@@H](NC(=O)c1cnccn1)c1ccccc1)B1O[C@@H]2C[C@@H]3C[C@@H](C3(C)C)[C@]2(C)O1. The van der Waals surface area contributed by atoms with Gasteiger partial charge in [0, 0.05) is 12.4 Å². The molecule has 37 heavy (non-hydrogen) atoms. The molecule has 4 aliphatic rings. The Balaban J connectivity index is 1.36. The van der Waals surface area contributed by atoms with Crippen LogP contribution in [0.2, 0.25) is 0 Å². The van der Waals surface area contributed by atoms with Gasteiger partial charge in [-0.15, -0.1) is 0 Å². The van der Waals surface area contributed by atoms with Gasteiger partial charge in [0.05, 0.1) is 23.8 Å². The van der Waals surface area contributed by atoms with Crippen molar-refractivity contribution in [2.24, 2.45) is 23.2 Å². The first-order valence-corrected chi connectivity index (χ1v) is 13.3. The lowest BCUT2D eigenvalue weighted by Crippen LogP contribution is -2.65. The molecule has 2 amide bonds. The van der Waals surface area contributed by atoms with Crippen molar-refractivity contribution in [1.82, 2.24) is 20.6 Å². The Morgan fingerprint density at radius 3 is 2.51 bits per heavy atom. The second-order valence-electron chi connectivity index (χ2n) is 12.0. The predicted molar refractivity (Wildman–Crippen MR) is 140 cm³/mol. The quantitative estimate of drug-likeness (QED) is 0.531. The molecule has 3 saturated carbocycles. The molecule has 8 nitrogen and oxygen atoms in total. The molecule has 6 atom stereocenters. The zero-order valence-corrected chi connectivity index (χ0v) is 22.3. The number of rotatable bonds is 8. The zero-order valence-electron chi connectivity index (χ0n) is 22.3. The first kappa shape index (κ1) is 25.9. The third-order valence-corrected chi connectivity index (χ3v) is 8.82. The van der Waals surface area contributed by atoms with E-state index in [0.29, 0.717) is 29.7 Å². The number of nitrogens with one attached hydrogen (secondary N) is 2. The lowest BCUT2D eigenvalue weighted by Gasteiger charge is -2.64. The van der Waals surface area contributed by atoms with E-state index in [9.17, 15) is 9.59 Å². The summed E-state index contributed by atoms with van der Waals surface area (Å²) in [5.74, 6) is 0.261. The van der Waals surface area contributed by atoms with Crippen molar-refractivity contribution < 1.29 is 18.9 Å². The normalized spacial score (nSPS) is 29.1. The predicted octanol–water partition coefficient (Wildman–Crippen LogP) is 3.75. The summed E-state index contributed by atoms with van der Waals surface area (Å²) in [6.07, 6.45) is 7.21. The molecule has 2 heterocycles. The Kier molecular flexibility index (Phi) is 6.87. The monoisotopic (exact) mass is 504 g/mol. The van der Waals surface area contributed by atoms with E-state index in [1.165, 1.54) is 25.0 Å². The van der Waals surface area contributed by atoms with Crippen molar-refractivity contribution >= 4 is 18.9 Å². The molecule has 0 spiro atoms. The highest BCUT2D eigenvalue weighted by Crippen LogP contribution is 2.65. The molecule has 2 aromatic rings. The van der Waals surface area contributed by atoms with Gasteiger partial charge in [-0.05, 0) is 54.9 Å². The summed E-state index contributed by atoms with van der Waals surface area (Å²) in [5.41, 5.74) is 0.707. The molecule has 4 fully saturated rings. The lowest BCUT2D eigenvalue weighted by atomic mass is 9.43. The van der Waals surface area contributed by atoms with Crippen LogP contribution in [0.25, 0.3) is 0 Å². The minimum Gasteiger partial charge on any atom is -0.404 e. The lowest BCUT2D eigenvalue weighted by molar-refractivity contribution is -0.199. The van der Waals surface area contributed by atoms with Crippen molar-refractivity contribution in [3.8, 4) is 0 Å². The highest BCUT2D eigenvalue weighted by molar-refractivity contribution is 6.48. The van der Waals surface area contributed by atoms with Crippen LogP contribution in [-0.2, 0) is 14.1 Å². The fraction of sp³-hybridized carbons (Fsp3) is 0.571. The van der Waals surface area contributed by atoms with Gasteiger partial charge in [-0.3, -0.25) is 14.6 Å². The van der Waals surface area contributed by atoms with Crippen molar-refractivity contribution in [3.63, 3.8) is 0 Å². The van der Waals surface area contributed by atoms with Crippen molar-refractivity contribution in [2.75, 3.05) is 0 Å². The standard InChI is InChI=1S/C28H37BN4O4/c1-17(2)13-23(29-36-22-15-19-14-21(27(19,3)4)28(22,5)37-29)32-26(35)24(18-9-7-6-8-10-18)33-25(34)20-16-30-11-12-31-20/h6-12,16-17,19,21-24H,13-15H2,1-5H3,(H,32,35)(H,33,34)/t19-,21-,22+,23-,24-,28-/m0/s1. The van der Waals surface area contributed by atoms with Gasteiger partial charge >= 0.3 is 7.12 Å². The Morgan fingerprint density at radius 1 is 1.11 bits per heavy atom. The molecule has 6 rings (SSSR count). The van der Waals surface area contributed by atoms with E-state index in [1.807, 2.05) is 30.3 Å². The third kappa shape index (κ3) is 4.79. The molecule has 9 heteroatoms. The van der Waals surface area contributed by atoms with Crippen LogP contribution in [0.15, 0.2) is 48.9 Å². The molecule has 1 aliphatic heterocycles. The maximum atomic E-state index is 13.8. The smallest absolute Gasteiger partial charge is 0.404 e. The van der Waals surface area contributed by atoms with Crippen LogP contribution in [-0.4, -0.2) is 46.5 Å². The van der Waals surface area contributed by atoms with Crippen LogP contribution in [0.3, 0.4) is 0 Å². The Bertz CT molecular complexity index is 1130. The van der Waals surface area contributed by atoms with Crippen LogP contribution in [0, 0.1) is 23.2 Å². The van der Waals surface area contributed by atoms with Crippen molar-refractivity contribution in [2.45, 2.75) is 77.6 Å². The molecular weight excluding hydrogens is 467 g/mol. The summed E-state index contributed by atoms with van der Waals surface area (Å²) in [5, 5.41) is 6.03. The second-order valence-corrected chi connectivity index (χ2v) is 12.0. The molecule has 2 N–H and O–H groups in total. The second kappa shape index (κ2) is 9.84. The fourth-order valence-electron chi connectivity index (χ4n) is 6.65. The molecule has 1 aromatic heterocycles. The minimum atomic E-state index is -0.906. The van der Waals surface area contributed by atoms with Gasteiger partial charge in [0.1, 0.15) is 11.7 Å². The van der Waals surface area contributed by atoms with E-state index in [0.717, 1.165) is 6.42 Å². The first-order chi connectivity index (χ1) is 17.6. The van der Waals surface area contributed by atoms with Crippen LogP contribution < -0.4 is 10.6 Å². The molecule has 1 aromatic carbocycles. The Labute approximate surface area is 219 Å². The largest absolute Gasteiger partial charge is 0.481 e. The topological polar surface area (TPSA) is 102 Å². The van der Waals surface area contributed by atoms with E-state index in [4.69, 9.17) is 9.31 Å². The molecular formula is C28H37BN4O4. The van der Waals surface area contributed by atoms with Crippen molar-refractivity contribution in [1.29, 1.82) is 0 Å². The highest BCUT2D eigenvalue weighted by Gasteiger charge is 2.68. The maximum absolute atomic E-state index is 13.8. The average molecular weight is 504 g/mol. The number of amides is 2. The van der Waals surface area contributed by atoms with Crippen LogP contribution in [0.5, 0.6) is 0 Å².